The van der Waals surface area contributed by atoms with Crippen molar-refractivity contribution in [3.63, 3.8) is 0 Å². The number of amides is 1. The highest BCUT2D eigenvalue weighted by Gasteiger charge is 2.33. The number of nitrogens with one attached hydrogen (secondary N) is 1. The number of ether oxygens (including phenoxy) is 2. The molecule has 3 aromatic rings. The van der Waals surface area contributed by atoms with Gasteiger partial charge in [0.2, 0.25) is 5.91 Å². The number of unbranched alkanes of at least 4 members (excludes halogenated alkanes) is 11. The summed E-state index contributed by atoms with van der Waals surface area (Å²) in [5, 5.41) is 21.5. The van der Waals surface area contributed by atoms with Crippen LogP contribution in [0.2, 0.25) is 0 Å². The highest BCUT2D eigenvalue weighted by Crippen LogP contribution is 2.39. The van der Waals surface area contributed by atoms with Gasteiger partial charge in [0.1, 0.15) is 0 Å². The molecule has 0 spiro atoms. The van der Waals surface area contributed by atoms with Gasteiger partial charge >= 0.3 is 5.97 Å². The average Bonchev–Trinajstić information content (AvgIpc) is 3.21. The minimum absolute atomic E-state index is 0.00109. The molecule has 55 heavy (non-hydrogen) atoms. The molecule has 8 nitrogen and oxygen atoms in total. The largest absolute Gasteiger partial charge is 0.481 e. The maximum atomic E-state index is 12.4. The Morgan fingerprint density at radius 2 is 1.31 bits per heavy atom. The van der Waals surface area contributed by atoms with E-state index in [1.807, 2.05) is 24.3 Å². The fourth-order valence-electron chi connectivity index (χ4n) is 7.42. The summed E-state index contributed by atoms with van der Waals surface area (Å²) >= 11 is 0. The Morgan fingerprint density at radius 1 is 0.691 bits per heavy atom. The molecule has 3 aromatic carbocycles. The van der Waals surface area contributed by atoms with Crippen molar-refractivity contribution < 1.29 is 29.3 Å². The molecule has 3 atom stereocenters. The highest BCUT2D eigenvalue weighted by atomic mass is 16.7. The molecule has 302 valence electrons. The van der Waals surface area contributed by atoms with Crippen LogP contribution in [0.15, 0.2) is 72.8 Å². The summed E-state index contributed by atoms with van der Waals surface area (Å²) in [6.07, 6.45) is 17.0. The number of carboxylic acid groups (broad SMARTS) is 1. The van der Waals surface area contributed by atoms with Crippen LogP contribution >= 0.6 is 0 Å². The Labute approximate surface area is 331 Å². The van der Waals surface area contributed by atoms with E-state index in [0.717, 1.165) is 59.4 Å². The molecule has 1 heterocycles. The van der Waals surface area contributed by atoms with E-state index in [1.54, 1.807) is 0 Å². The lowest BCUT2D eigenvalue weighted by Gasteiger charge is -2.38. The Bertz CT molecular complexity index is 1510. The van der Waals surface area contributed by atoms with Crippen LogP contribution in [0.4, 0.5) is 0 Å². The van der Waals surface area contributed by atoms with Gasteiger partial charge in [0, 0.05) is 37.9 Å². The number of rotatable bonds is 27. The standard InChI is InChI=1S/C47H68N2O6/c1-3-5-7-9-11-15-29-49(30-16-12-10-8-6-4-2)35-43-33-44(39-27-25-37(36-50)26-28-39)55-47(54-43)42-22-18-21-41(32-42)40-20-17-19-38(31-40)34-48-45(51)23-13-14-24-46(52)53/h17-22,25-28,31-32,43-44,47,50H,3-16,23-24,29-30,33-36H2,1-2H3,(H,48,51)(H,52,53). The predicted octanol–water partition coefficient (Wildman–Crippen LogP) is 10.7. The predicted molar refractivity (Wildman–Crippen MR) is 221 cm³/mol. The molecule has 1 saturated heterocycles. The number of carboxylic acids is 1. The third-order valence-electron chi connectivity index (χ3n) is 10.7. The number of nitrogens with zero attached hydrogens (tertiary/aromatic N) is 1. The van der Waals surface area contributed by atoms with Crippen molar-refractivity contribution in [2.75, 3.05) is 19.6 Å². The summed E-state index contributed by atoms with van der Waals surface area (Å²) in [5.74, 6) is -0.905. The van der Waals surface area contributed by atoms with Gasteiger partial charge in [-0.05, 0) is 78.7 Å². The zero-order chi connectivity index (χ0) is 39.1. The fourth-order valence-corrected chi connectivity index (χ4v) is 7.42. The van der Waals surface area contributed by atoms with Gasteiger partial charge in [-0.2, -0.15) is 0 Å². The number of aliphatic hydroxyl groups excluding tert-OH is 1. The zero-order valence-electron chi connectivity index (χ0n) is 33.7. The number of aliphatic carboxylic acids is 1. The first-order valence-corrected chi connectivity index (χ1v) is 21.3. The van der Waals surface area contributed by atoms with Gasteiger partial charge in [0.05, 0.1) is 18.8 Å². The van der Waals surface area contributed by atoms with Crippen LogP contribution in [0.1, 0.15) is 158 Å². The van der Waals surface area contributed by atoms with Gasteiger partial charge in [-0.3, -0.25) is 9.59 Å². The van der Waals surface area contributed by atoms with Crippen LogP contribution in [0.5, 0.6) is 0 Å². The second kappa shape index (κ2) is 25.6. The number of benzene rings is 3. The van der Waals surface area contributed by atoms with Crippen LogP contribution in [0.25, 0.3) is 11.1 Å². The normalized spacial score (nSPS) is 17.1. The molecule has 0 saturated carbocycles. The first-order valence-electron chi connectivity index (χ1n) is 21.3. The van der Waals surface area contributed by atoms with Crippen molar-refractivity contribution in [2.45, 2.75) is 155 Å². The second-order valence-corrected chi connectivity index (χ2v) is 15.4. The number of carbonyl (C=O) groups excluding carboxylic acids is 1. The molecule has 1 amide bonds. The van der Waals surface area contributed by atoms with Gasteiger partial charge in [0.15, 0.2) is 6.29 Å². The number of aliphatic hydroxyl groups is 1. The SMILES string of the molecule is CCCCCCCCN(CCCCCCCC)CC1CC(c2ccc(CO)cc2)OC(c2cccc(-c3cccc(CNC(=O)CCCCC(=O)O)c3)c2)O1. The lowest BCUT2D eigenvalue weighted by Crippen LogP contribution is -2.40. The van der Waals surface area contributed by atoms with Crippen LogP contribution in [-0.4, -0.2) is 52.7 Å². The highest BCUT2D eigenvalue weighted by molar-refractivity contribution is 5.76. The molecule has 1 aliphatic rings. The van der Waals surface area contributed by atoms with Crippen LogP contribution in [0.3, 0.4) is 0 Å². The maximum absolute atomic E-state index is 12.4. The minimum atomic E-state index is -0.833. The van der Waals surface area contributed by atoms with E-state index >= 15 is 0 Å². The summed E-state index contributed by atoms with van der Waals surface area (Å²) in [4.78, 5) is 25.8. The van der Waals surface area contributed by atoms with E-state index in [2.05, 4.69) is 72.6 Å². The van der Waals surface area contributed by atoms with Gasteiger partial charge < -0.3 is 29.9 Å². The average molecular weight is 757 g/mol. The Balaban J connectivity index is 1.47. The number of carbonyl (C=O) groups is 2. The van der Waals surface area contributed by atoms with Crippen LogP contribution in [0, 0.1) is 0 Å². The molecule has 0 aromatic heterocycles. The van der Waals surface area contributed by atoms with E-state index < -0.39 is 12.3 Å². The van der Waals surface area contributed by atoms with Gasteiger partial charge in [-0.1, -0.05) is 139 Å². The molecule has 3 N–H and O–H groups in total. The summed E-state index contributed by atoms with van der Waals surface area (Å²) in [5.41, 5.74) is 6.04. The van der Waals surface area contributed by atoms with Crippen molar-refractivity contribution in [1.29, 1.82) is 0 Å². The lowest BCUT2D eigenvalue weighted by molar-refractivity contribution is -0.253. The van der Waals surface area contributed by atoms with E-state index in [0.29, 0.717) is 25.8 Å². The third kappa shape index (κ3) is 16.6. The van der Waals surface area contributed by atoms with E-state index in [-0.39, 0.29) is 31.1 Å². The molecule has 0 aliphatic carbocycles. The van der Waals surface area contributed by atoms with Crippen molar-refractivity contribution in [3.05, 3.63) is 95.1 Å². The molecule has 8 heteroatoms. The smallest absolute Gasteiger partial charge is 0.303 e. The minimum Gasteiger partial charge on any atom is -0.481 e. The van der Waals surface area contributed by atoms with E-state index in [9.17, 15) is 14.7 Å². The van der Waals surface area contributed by atoms with E-state index in [4.69, 9.17) is 14.6 Å². The molecule has 3 unspecified atom stereocenters. The second-order valence-electron chi connectivity index (χ2n) is 15.4. The van der Waals surface area contributed by atoms with Crippen molar-refractivity contribution in [3.8, 4) is 11.1 Å². The molecule has 0 bridgehead atoms. The van der Waals surface area contributed by atoms with Gasteiger partial charge in [-0.15, -0.1) is 0 Å². The van der Waals surface area contributed by atoms with Crippen LogP contribution < -0.4 is 5.32 Å². The van der Waals surface area contributed by atoms with Crippen LogP contribution in [-0.2, 0) is 32.2 Å². The third-order valence-corrected chi connectivity index (χ3v) is 10.7. The first kappa shape index (κ1) is 44.2. The Morgan fingerprint density at radius 3 is 1.96 bits per heavy atom. The molecule has 1 fully saturated rings. The summed E-state index contributed by atoms with van der Waals surface area (Å²) in [7, 11) is 0. The molecule has 4 rings (SSSR count). The van der Waals surface area contributed by atoms with Crippen molar-refractivity contribution in [1.82, 2.24) is 10.2 Å². The molecular formula is C47H68N2O6. The zero-order valence-corrected chi connectivity index (χ0v) is 33.7. The molecule has 0 radical (unpaired) electrons. The Hall–Kier alpha value is -3.56. The first-order chi connectivity index (χ1) is 26.9. The Kier molecular flexibility index (Phi) is 20.5. The summed E-state index contributed by atoms with van der Waals surface area (Å²) in [6.45, 7) is 8.04. The van der Waals surface area contributed by atoms with Crippen molar-refractivity contribution >= 4 is 11.9 Å². The lowest BCUT2D eigenvalue weighted by atomic mass is 9.98. The van der Waals surface area contributed by atoms with E-state index in [1.165, 1.54) is 77.0 Å². The summed E-state index contributed by atoms with van der Waals surface area (Å²) < 4.78 is 13.6. The quantitative estimate of drug-likeness (QED) is 0.0665. The monoisotopic (exact) mass is 757 g/mol. The van der Waals surface area contributed by atoms with Gasteiger partial charge in [-0.25, -0.2) is 0 Å². The number of hydrogen-bond donors (Lipinski definition) is 3. The topological polar surface area (TPSA) is 108 Å². The summed E-state index contributed by atoms with van der Waals surface area (Å²) in [6, 6.07) is 24.7. The number of hydrogen-bond acceptors (Lipinski definition) is 6. The maximum Gasteiger partial charge on any atom is 0.303 e. The van der Waals surface area contributed by atoms with Crippen molar-refractivity contribution in [2.24, 2.45) is 0 Å². The molecule has 1 aliphatic heterocycles. The fraction of sp³-hybridized carbons (Fsp3) is 0.574. The molecular weight excluding hydrogens is 689 g/mol. The van der Waals surface area contributed by atoms with Gasteiger partial charge in [0.25, 0.3) is 0 Å².